The molecule has 10 heteroatoms. The lowest BCUT2D eigenvalue weighted by Crippen LogP contribution is -2.35. The molecule has 0 spiro atoms. The van der Waals surface area contributed by atoms with Crippen molar-refractivity contribution in [3.8, 4) is 0 Å². The van der Waals surface area contributed by atoms with Crippen LogP contribution in [0.1, 0.15) is 40.6 Å². The predicted octanol–water partition coefficient (Wildman–Crippen LogP) is 3.74. The van der Waals surface area contributed by atoms with Crippen LogP contribution in [-0.2, 0) is 11.0 Å². The van der Waals surface area contributed by atoms with Gasteiger partial charge < -0.3 is 10.2 Å². The molecule has 2 amide bonds. The smallest absolute Gasteiger partial charge is 0.331 e. The van der Waals surface area contributed by atoms with Crippen LogP contribution in [0.2, 0.25) is 5.02 Å². The number of hydrogen-bond donors (Lipinski definition) is 1. The molecule has 0 atom stereocenters. The van der Waals surface area contributed by atoms with Gasteiger partial charge in [-0.05, 0) is 37.1 Å². The normalized spacial score (nSPS) is 13.9. The molecule has 0 bridgehead atoms. The highest BCUT2D eigenvalue weighted by Crippen LogP contribution is 2.38. The molecule has 2 aromatic rings. The maximum absolute atomic E-state index is 12.9. The third-order valence-corrected chi connectivity index (χ3v) is 4.45. The molecule has 3 rings (SSSR count). The molecule has 0 saturated heterocycles. The van der Waals surface area contributed by atoms with Crippen LogP contribution < -0.4 is 5.32 Å². The summed E-state index contributed by atoms with van der Waals surface area (Å²) in [6.45, 7) is -0.356. The van der Waals surface area contributed by atoms with E-state index in [4.69, 9.17) is 11.6 Å². The van der Waals surface area contributed by atoms with Gasteiger partial charge in [0.1, 0.15) is 11.5 Å². The standard InChI is InChI=1S/C18H16ClF3N4O2/c1-26(17(28)14-6-7-23-16(25-14)10-2-3-10)9-15(27)24-11-4-5-13(19)12(8-11)18(20,21)22/h4-8,10H,2-3,9H2,1H3,(H,24,27). The van der Waals surface area contributed by atoms with E-state index in [0.29, 0.717) is 5.82 Å². The number of aromatic nitrogens is 2. The third kappa shape index (κ3) is 4.78. The quantitative estimate of drug-likeness (QED) is 0.811. The molecule has 1 fully saturated rings. The number of nitrogens with zero attached hydrogens (tertiary/aromatic N) is 3. The lowest BCUT2D eigenvalue weighted by atomic mass is 10.2. The molecule has 1 aromatic carbocycles. The lowest BCUT2D eigenvalue weighted by Gasteiger charge is -2.17. The van der Waals surface area contributed by atoms with Gasteiger partial charge in [0.25, 0.3) is 5.91 Å². The molecule has 0 aliphatic heterocycles. The maximum atomic E-state index is 12.9. The van der Waals surface area contributed by atoms with E-state index in [2.05, 4.69) is 15.3 Å². The monoisotopic (exact) mass is 412 g/mol. The van der Waals surface area contributed by atoms with Crippen molar-refractivity contribution in [1.29, 1.82) is 0 Å². The molecule has 6 nitrogen and oxygen atoms in total. The van der Waals surface area contributed by atoms with Crippen molar-refractivity contribution in [1.82, 2.24) is 14.9 Å². The molecule has 1 aliphatic rings. The van der Waals surface area contributed by atoms with Crippen LogP contribution in [-0.4, -0.2) is 40.3 Å². The number of likely N-dealkylation sites (N-methyl/N-ethyl adjacent to an activating group) is 1. The van der Waals surface area contributed by atoms with Crippen molar-refractivity contribution in [2.75, 3.05) is 18.9 Å². The van der Waals surface area contributed by atoms with Crippen LogP contribution in [0.5, 0.6) is 0 Å². The Hall–Kier alpha value is -2.68. The van der Waals surface area contributed by atoms with E-state index in [0.717, 1.165) is 29.9 Å². The number of carbonyl (C=O) groups excluding carboxylic acids is 2. The molecule has 1 N–H and O–H groups in total. The first-order valence-corrected chi connectivity index (χ1v) is 8.78. The summed E-state index contributed by atoms with van der Waals surface area (Å²) in [7, 11) is 1.41. The second kappa shape index (κ2) is 7.75. The van der Waals surface area contributed by atoms with Crippen LogP contribution >= 0.6 is 11.6 Å². The van der Waals surface area contributed by atoms with Gasteiger partial charge in [-0.15, -0.1) is 0 Å². The Morgan fingerprint density at radius 3 is 2.64 bits per heavy atom. The Morgan fingerprint density at radius 2 is 2.00 bits per heavy atom. The lowest BCUT2D eigenvalue weighted by molar-refractivity contribution is -0.137. The highest BCUT2D eigenvalue weighted by Gasteiger charge is 2.33. The fourth-order valence-corrected chi connectivity index (χ4v) is 2.76. The summed E-state index contributed by atoms with van der Waals surface area (Å²) in [4.78, 5) is 34.1. The van der Waals surface area contributed by atoms with Gasteiger partial charge in [0, 0.05) is 24.8 Å². The number of carbonyl (C=O) groups is 2. The first-order chi connectivity index (χ1) is 13.1. The van der Waals surface area contributed by atoms with Crippen molar-refractivity contribution < 1.29 is 22.8 Å². The molecule has 148 valence electrons. The Kier molecular flexibility index (Phi) is 5.55. The number of benzene rings is 1. The van der Waals surface area contributed by atoms with Gasteiger partial charge in [0.05, 0.1) is 17.1 Å². The van der Waals surface area contributed by atoms with E-state index < -0.39 is 28.6 Å². The average molecular weight is 413 g/mol. The second-order valence-corrected chi connectivity index (χ2v) is 6.88. The van der Waals surface area contributed by atoms with Crippen molar-refractivity contribution in [3.05, 3.63) is 52.6 Å². The molecule has 0 radical (unpaired) electrons. The Balaban J connectivity index is 1.64. The van der Waals surface area contributed by atoms with Gasteiger partial charge in [-0.1, -0.05) is 11.6 Å². The predicted molar refractivity (Wildman–Crippen MR) is 96.1 cm³/mol. The summed E-state index contributed by atoms with van der Waals surface area (Å²) in [5, 5.41) is 1.87. The maximum Gasteiger partial charge on any atom is 0.417 e. The van der Waals surface area contributed by atoms with Gasteiger partial charge in [-0.2, -0.15) is 13.2 Å². The van der Waals surface area contributed by atoms with Gasteiger partial charge >= 0.3 is 6.18 Å². The summed E-state index contributed by atoms with van der Waals surface area (Å²) in [6, 6.07) is 4.50. The summed E-state index contributed by atoms with van der Waals surface area (Å²) in [5.74, 6) is -0.257. The van der Waals surface area contributed by atoms with Crippen molar-refractivity contribution >= 4 is 29.1 Å². The van der Waals surface area contributed by atoms with Crippen LogP contribution in [0.25, 0.3) is 0 Å². The summed E-state index contributed by atoms with van der Waals surface area (Å²) >= 11 is 5.55. The molecule has 1 aromatic heterocycles. The fraction of sp³-hybridized carbons (Fsp3) is 0.333. The molecular formula is C18H16ClF3N4O2. The third-order valence-electron chi connectivity index (χ3n) is 4.12. The Bertz CT molecular complexity index is 916. The van der Waals surface area contributed by atoms with E-state index in [9.17, 15) is 22.8 Å². The van der Waals surface area contributed by atoms with Gasteiger partial charge in [0.15, 0.2) is 0 Å². The summed E-state index contributed by atoms with van der Waals surface area (Å²) in [5.41, 5.74) is -0.955. The minimum absolute atomic E-state index is 0.0689. The SMILES string of the molecule is CN(CC(=O)Nc1ccc(Cl)c(C(F)(F)F)c1)C(=O)c1ccnc(C2CC2)n1. The number of nitrogens with one attached hydrogen (secondary N) is 1. The average Bonchev–Trinajstić information content (AvgIpc) is 3.47. The first-order valence-electron chi connectivity index (χ1n) is 8.40. The van der Waals surface area contributed by atoms with E-state index in [1.165, 1.54) is 25.4 Å². The van der Waals surface area contributed by atoms with Gasteiger partial charge in [-0.3, -0.25) is 9.59 Å². The highest BCUT2D eigenvalue weighted by atomic mass is 35.5. The number of hydrogen-bond acceptors (Lipinski definition) is 4. The zero-order chi connectivity index (χ0) is 20.5. The topological polar surface area (TPSA) is 75.2 Å². The van der Waals surface area contributed by atoms with E-state index in [-0.39, 0.29) is 23.8 Å². The second-order valence-electron chi connectivity index (χ2n) is 6.48. The molecule has 1 heterocycles. The zero-order valence-electron chi connectivity index (χ0n) is 14.8. The fourth-order valence-electron chi connectivity index (χ4n) is 2.53. The molecule has 28 heavy (non-hydrogen) atoms. The van der Waals surface area contributed by atoms with Crippen LogP contribution in [0.3, 0.4) is 0 Å². The number of rotatable bonds is 5. The van der Waals surface area contributed by atoms with Crippen LogP contribution in [0.15, 0.2) is 30.5 Å². The van der Waals surface area contributed by atoms with Gasteiger partial charge in [0.2, 0.25) is 5.91 Å². The number of amides is 2. The van der Waals surface area contributed by atoms with E-state index in [1.807, 2.05) is 0 Å². The largest absolute Gasteiger partial charge is 0.417 e. The van der Waals surface area contributed by atoms with Gasteiger partial charge in [-0.25, -0.2) is 9.97 Å². The zero-order valence-corrected chi connectivity index (χ0v) is 15.5. The number of alkyl halides is 3. The minimum atomic E-state index is -4.64. The summed E-state index contributed by atoms with van der Waals surface area (Å²) < 4.78 is 38.7. The molecule has 1 saturated carbocycles. The number of halogens is 4. The summed E-state index contributed by atoms with van der Waals surface area (Å²) in [6.07, 6.45) is -1.18. The van der Waals surface area contributed by atoms with Crippen molar-refractivity contribution in [3.63, 3.8) is 0 Å². The molecule has 1 aliphatic carbocycles. The number of anilines is 1. The van der Waals surface area contributed by atoms with Crippen LogP contribution in [0, 0.1) is 0 Å². The molecular weight excluding hydrogens is 397 g/mol. The Labute approximate surface area is 163 Å². The van der Waals surface area contributed by atoms with E-state index in [1.54, 1.807) is 0 Å². The van der Waals surface area contributed by atoms with Crippen molar-refractivity contribution in [2.45, 2.75) is 24.9 Å². The van der Waals surface area contributed by atoms with Crippen molar-refractivity contribution in [2.24, 2.45) is 0 Å². The Morgan fingerprint density at radius 1 is 1.29 bits per heavy atom. The van der Waals surface area contributed by atoms with E-state index >= 15 is 0 Å². The molecule has 0 unspecified atom stereocenters. The first kappa shape index (κ1) is 20.1. The minimum Gasteiger partial charge on any atom is -0.331 e. The van der Waals surface area contributed by atoms with Crippen LogP contribution in [0.4, 0.5) is 18.9 Å². The highest BCUT2D eigenvalue weighted by molar-refractivity contribution is 6.31.